The first-order valence-corrected chi connectivity index (χ1v) is 5.18. The van der Waals surface area contributed by atoms with Gasteiger partial charge in [-0.3, -0.25) is 9.59 Å². The third-order valence-electron chi connectivity index (χ3n) is 2.21. The number of carbonyl (C=O) groups is 2. The summed E-state index contributed by atoms with van der Waals surface area (Å²) in [5, 5.41) is 2.49. The van der Waals surface area contributed by atoms with Crippen LogP contribution in [0.4, 0.5) is 0 Å². The molecule has 1 rings (SSSR count). The Morgan fingerprint density at radius 3 is 2.82 bits per heavy atom. The molecule has 0 aliphatic heterocycles. The standard InChI is InChI=1S/C12H15NO4/c1-13-12(15)5-6-17-11-4-3-10(16-2)7-9(11)8-14/h3-4,7-8H,5-6H2,1-2H3,(H,13,15). The third-order valence-corrected chi connectivity index (χ3v) is 2.21. The molecule has 0 heterocycles. The minimum absolute atomic E-state index is 0.105. The van der Waals surface area contributed by atoms with Crippen molar-refractivity contribution in [1.29, 1.82) is 0 Å². The monoisotopic (exact) mass is 237 g/mol. The average molecular weight is 237 g/mol. The summed E-state index contributed by atoms with van der Waals surface area (Å²) in [5.74, 6) is 0.932. The zero-order chi connectivity index (χ0) is 12.7. The highest BCUT2D eigenvalue weighted by Gasteiger charge is 2.06. The van der Waals surface area contributed by atoms with Crippen LogP contribution in [0.1, 0.15) is 16.8 Å². The Morgan fingerprint density at radius 2 is 2.24 bits per heavy atom. The lowest BCUT2D eigenvalue weighted by Crippen LogP contribution is -2.20. The molecule has 0 aromatic heterocycles. The Balaban J connectivity index is 2.64. The van der Waals surface area contributed by atoms with Crippen molar-refractivity contribution in [1.82, 2.24) is 5.32 Å². The molecule has 0 radical (unpaired) electrons. The van der Waals surface area contributed by atoms with E-state index in [2.05, 4.69) is 5.32 Å². The number of ether oxygens (including phenoxy) is 2. The summed E-state index contributed by atoms with van der Waals surface area (Å²) in [5.41, 5.74) is 0.404. The average Bonchev–Trinajstić information content (AvgIpc) is 2.38. The predicted molar refractivity (Wildman–Crippen MR) is 62.6 cm³/mol. The van der Waals surface area contributed by atoms with Crippen molar-refractivity contribution in [2.75, 3.05) is 20.8 Å². The second-order valence-corrected chi connectivity index (χ2v) is 3.29. The normalized spacial score (nSPS) is 9.53. The molecule has 1 N–H and O–H groups in total. The van der Waals surface area contributed by atoms with Crippen LogP contribution in [0.15, 0.2) is 18.2 Å². The lowest BCUT2D eigenvalue weighted by atomic mass is 10.2. The lowest BCUT2D eigenvalue weighted by Gasteiger charge is -2.09. The zero-order valence-electron chi connectivity index (χ0n) is 9.86. The molecule has 0 fully saturated rings. The number of methoxy groups -OCH3 is 1. The smallest absolute Gasteiger partial charge is 0.223 e. The number of nitrogens with one attached hydrogen (secondary N) is 1. The van der Waals surface area contributed by atoms with Crippen molar-refractivity contribution in [3.05, 3.63) is 23.8 Å². The van der Waals surface area contributed by atoms with Crippen LogP contribution >= 0.6 is 0 Å². The number of hydrogen-bond donors (Lipinski definition) is 1. The van der Waals surface area contributed by atoms with Gasteiger partial charge in [-0.25, -0.2) is 0 Å². The fourth-order valence-corrected chi connectivity index (χ4v) is 1.26. The van der Waals surface area contributed by atoms with E-state index in [4.69, 9.17) is 9.47 Å². The Hall–Kier alpha value is -2.04. The molecule has 1 aromatic rings. The summed E-state index contributed by atoms with van der Waals surface area (Å²) in [6, 6.07) is 4.93. The molecule has 0 spiro atoms. The molecule has 0 unspecified atom stereocenters. The summed E-state index contributed by atoms with van der Waals surface area (Å²) in [6.07, 6.45) is 0.943. The minimum Gasteiger partial charge on any atom is -0.497 e. The van der Waals surface area contributed by atoms with Gasteiger partial charge in [0.25, 0.3) is 0 Å². The molecule has 5 heteroatoms. The molecule has 92 valence electrons. The van der Waals surface area contributed by atoms with Gasteiger partial charge < -0.3 is 14.8 Å². The number of hydrogen-bond acceptors (Lipinski definition) is 4. The van der Waals surface area contributed by atoms with Crippen molar-refractivity contribution in [2.24, 2.45) is 0 Å². The molecular formula is C12H15NO4. The summed E-state index contributed by atoms with van der Waals surface area (Å²) < 4.78 is 10.3. The summed E-state index contributed by atoms with van der Waals surface area (Å²) >= 11 is 0. The first-order chi connectivity index (χ1) is 8.21. The number of rotatable bonds is 6. The Bertz CT molecular complexity index is 403. The van der Waals surface area contributed by atoms with Crippen LogP contribution in [0.5, 0.6) is 11.5 Å². The number of benzene rings is 1. The fourth-order valence-electron chi connectivity index (χ4n) is 1.26. The molecular weight excluding hydrogens is 222 g/mol. The first kappa shape index (κ1) is 13.0. The van der Waals surface area contributed by atoms with Crippen LogP contribution in [-0.2, 0) is 4.79 Å². The summed E-state index contributed by atoms with van der Waals surface area (Å²) in [6.45, 7) is 0.229. The molecule has 1 amide bonds. The van der Waals surface area contributed by atoms with E-state index in [9.17, 15) is 9.59 Å². The first-order valence-electron chi connectivity index (χ1n) is 5.18. The van der Waals surface area contributed by atoms with E-state index in [1.54, 1.807) is 25.2 Å². The maximum Gasteiger partial charge on any atom is 0.223 e. The maximum absolute atomic E-state index is 11.0. The van der Waals surface area contributed by atoms with Crippen molar-refractivity contribution in [2.45, 2.75) is 6.42 Å². The van der Waals surface area contributed by atoms with Gasteiger partial charge in [0.1, 0.15) is 11.5 Å². The van der Waals surface area contributed by atoms with E-state index < -0.39 is 0 Å². The zero-order valence-corrected chi connectivity index (χ0v) is 9.86. The number of carbonyl (C=O) groups excluding carboxylic acids is 2. The highest BCUT2D eigenvalue weighted by Crippen LogP contribution is 2.22. The molecule has 0 saturated heterocycles. The Kier molecular flexibility index (Phi) is 5.00. The van der Waals surface area contributed by atoms with Crippen LogP contribution in [-0.4, -0.2) is 33.0 Å². The molecule has 0 saturated carbocycles. The van der Waals surface area contributed by atoms with E-state index in [-0.39, 0.29) is 18.9 Å². The SMILES string of the molecule is CNC(=O)CCOc1ccc(OC)cc1C=O. The quantitative estimate of drug-likeness (QED) is 0.750. The van der Waals surface area contributed by atoms with E-state index >= 15 is 0 Å². The van der Waals surface area contributed by atoms with Crippen molar-refractivity contribution in [3.63, 3.8) is 0 Å². The highest BCUT2D eigenvalue weighted by molar-refractivity contribution is 5.80. The molecule has 0 aliphatic carbocycles. The topological polar surface area (TPSA) is 64.6 Å². The molecule has 0 bridgehead atoms. The van der Waals surface area contributed by atoms with Crippen molar-refractivity contribution < 1.29 is 19.1 Å². The Labute approximate surface area is 99.7 Å². The molecule has 1 aromatic carbocycles. The minimum atomic E-state index is -0.105. The van der Waals surface area contributed by atoms with Gasteiger partial charge in [0, 0.05) is 7.05 Å². The van der Waals surface area contributed by atoms with Gasteiger partial charge in [0.05, 0.1) is 25.7 Å². The van der Waals surface area contributed by atoms with Gasteiger partial charge in [-0.05, 0) is 18.2 Å². The van der Waals surface area contributed by atoms with Crippen LogP contribution in [0.25, 0.3) is 0 Å². The number of amides is 1. The van der Waals surface area contributed by atoms with Crippen molar-refractivity contribution in [3.8, 4) is 11.5 Å². The van der Waals surface area contributed by atoms with Gasteiger partial charge >= 0.3 is 0 Å². The second-order valence-electron chi connectivity index (χ2n) is 3.29. The van der Waals surface area contributed by atoms with Gasteiger partial charge in [-0.2, -0.15) is 0 Å². The molecule has 5 nitrogen and oxygen atoms in total. The third kappa shape index (κ3) is 3.79. The van der Waals surface area contributed by atoms with Crippen LogP contribution in [0, 0.1) is 0 Å². The second kappa shape index (κ2) is 6.52. The molecule has 0 aliphatic rings. The Morgan fingerprint density at radius 1 is 1.47 bits per heavy atom. The van der Waals surface area contributed by atoms with Crippen molar-refractivity contribution >= 4 is 12.2 Å². The van der Waals surface area contributed by atoms with Gasteiger partial charge in [0.15, 0.2) is 6.29 Å². The number of aldehydes is 1. The van der Waals surface area contributed by atoms with Crippen LogP contribution in [0.2, 0.25) is 0 Å². The molecule has 0 atom stereocenters. The van der Waals surface area contributed by atoms with Crippen LogP contribution < -0.4 is 14.8 Å². The highest BCUT2D eigenvalue weighted by atomic mass is 16.5. The van der Waals surface area contributed by atoms with E-state index in [1.165, 1.54) is 7.11 Å². The largest absolute Gasteiger partial charge is 0.497 e. The predicted octanol–water partition coefficient (Wildman–Crippen LogP) is 1.02. The molecule has 17 heavy (non-hydrogen) atoms. The van der Waals surface area contributed by atoms with Gasteiger partial charge in [0.2, 0.25) is 5.91 Å². The van der Waals surface area contributed by atoms with Gasteiger partial charge in [-0.1, -0.05) is 0 Å². The van der Waals surface area contributed by atoms with Gasteiger partial charge in [-0.15, -0.1) is 0 Å². The fraction of sp³-hybridized carbons (Fsp3) is 0.333. The maximum atomic E-state index is 11.0. The van der Waals surface area contributed by atoms with E-state index in [0.717, 1.165) is 0 Å². The van der Waals surface area contributed by atoms with E-state index in [1.807, 2.05) is 0 Å². The lowest BCUT2D eigenvalue weighted by molar-refractivity contribution is -0.121. The van der Waals surface area contributed by atoms with Crippen LogP contribution in [0.3, 0.4) is 0 Å². The van der Waals surface area contributed by atoms with E-state index in [0.29, 0.717) is 23.3 Å². The summed E-state index contributed by atoms with van der Waals surface area (Å²) in [4.78, 5) is 21.8. The summed E-state index contributed by atoms with van der Waals surface area (Å²) in [7, 11) is 3.09.